The van der Waals surface area contributed by atoms with Gasteiger partial charge in [-0.05, 0) is 17.5 Å². The van der Waals surface area contributed by atoms with Crippen LogP contribution in [0, 0.1) is 0 Å². The highest BCUT2D eigenvalue weighted by Crippen LogP contribution is 2.09. The molecular formula is C14H20N2O4S. The maximum Gasteiger partial charge on any atom is 0.315 e. The van der Waals surface area contributed by atoms with E-state index in [0.29, 0.717) is 24.3 Å². The third kappa shape index (κ3) is 7.45. The van der Waals surface area contributed by atoms with Gasteiger partial charge in [0, 0.05) is 35.9 Å². The molecule has 0 radical (unpaired) electrons. The van der Waals surface area contributed by atoms with E-state index in [9.17, 15) is 13.8 Å². The second-order valence-corrected chi connectivity index (χ2v) is 6.13. The summed E-state index contributed by atoms with van der Waals surface area (Å²) in [7, 11) is -0.850. The molecule has 1 unspecified atom stereocenters. The van der Waals surface area contributed by atoms with Crippen molar-refractivity contribution in [2.45, 2.75) is 19.4 Å². The van der Waals surface area contributed by atoms with Crippen LogP contribution in [0.2, 0.25) is 0 Å². The van der Waals surface area contributed by atoms with Crippen LogP contribution in [0.25, 0.3) is 0 Å². The van der Waals surface area contributed by atoms with Crippen LogP contribution < -0.4 is 10.6 Å². The summed E-state index contributed by atoms with van der Waals surface area (Å²) in [4.78, 5) is 22.3. The summed E-state index contributed by atoms with van der Waals surface area (Å²) in [5.41, 5.74) is 1.47. The van der Waals surface area contributed by atoms with Crippen LogP contribution in [-0.4, -0.2) is 39.9 Å². The molecule has 0 saturated carbocycles. The lowest BCUT2D eigenvalue weighted by Crippen LogP contribution is -2.36. The molecule has 0 heterocycles. The van der Waals surface area contributed by atoms with Gasteiger partial charge in [-0.25, -0.2) is 4.79 Å². The topological polar surface area (TPSA) is 95.5 Å². The van der Waals surface area contributed by atoms with Gasteiger partial charge >= 0.3 is 12.0 Å². The molecule has 0 fully saturated rings. The Bertz CT molecular complexity index is 519. The summed E-state index contributed by atoms with van der Waals surface area (Å²) in [6, 6.07) is 6.78. The maximum absolute atomic E-state index is 11.6. The Morgan fingerprint density at radius 2 is 1.86 bits per heavy atom. The Morgan fingerprint density at radius 1 is 1.19 bits per heavy atom. The minimum Gasteiger partial charge on any atom is -0.481 e. The number of carbonyl (C=O) groups is 2. The largest absolute Gasteiger partial charge is 0.481 e. The molecule has 0 aliphatic heterocycles. The highest BCUT2D eigenvalue weighted by molar-refractivity contribution is 7.84. The molecule has 0 aliphatic rings. The van der Waals surface area contributed by atoms with Gasteiger partial charge in [-0.3, -0.25) is 9.00 Å². The van der Waals surface area contributed by atoms with E-state index in [1.807, 2.05) is 0 Å². The number of carbonyl (C=O) groups excluding carboxylic acids is 1. The van der Waals surface area contributed by atoms with Gasteiger partial charge in [-0.2, -0.15) is 0 Å². The molecule has 21 heavy (non-hydrogen) atoms. The van der Waals surface area contributed by atoms with E-state index in [1.54, 1.807) is 30.5 Å². The van der Waals surface area contributed by atoms with Crippen LogP contribution in [0.5, 0.6) is 0 Å². The number of carboxylic acids is 1. The molecule has 1 aromatic rings. The fourth-order valence-electron chi connectivity index (χ4n) is 1.78. The van der Waals surface area contributed by atoms with Crippen molar-refractivity contribution < 1.29 is 18.9 Å². The molecule has 0 saturated heterocycles. The molecule has 2 amide bonds. The van der Waals surface area contributed by atoms with Gasteiger partial charge < -0.3 is 15.7 Å². The lowest BCUT2D eigenvalue weighted by molar-refractivity contribution is -0.136. The summed E-state index contributed by atoms with van der Waals surface area (Å²) in [6.45, 7) is 0.733. The summed E-state index contributed by atoms with van der Waals surface area (Å²) >= 11 is 0. The van der Waals surface area contributed by atoms with Crippen molar-refractivity contribution in [2.24, 2.45) is 0 Å². The van der Waals surface area contributed by atoms with E-state index >= 15 is 0 Å². The molecule has 1 atom stereocenters. The number of amides is 2. The van der Waals surface area contributed by atoms with Crippen LogP contribution in [0.3, 0.4) is 0 Å². The second kappa shape index (κ2) is 9.12. The van der Waals surface area contributed by atoms with Crippen molar-refractivity contribution in [1.29, 1.82) is 0 Å². The highest BCUT2D eigenvalue weighted by Gasteiger charge is 2.07. The van der Waals surface area contributed by atoms with E-state index in [1.165, 1.54) is 0 Å². The van der Waals surface area contributed by atoms with E-state index < -0.39 is 16.8 Å². The van der Waals surface area contributed by atoms with Crippen molar-refractivity contribution in [3.63, 3.8) is 0 Å². The number of aliphatic carboxylic acids is 1. The molecule has 116 valence electrons. The third-order valence-corrected chi connectivity index (χ3v) is 3.66. The monoisotopic (exact) mass is 312 g/mol. The molecule has 7 heteroatoms. The molecule has 0 aliphatic carbocycles. The predicted molar refractivity (Wildman–Crippen MR) is 81.6 cm³/mol. The number of hydrogen-bond acceptors (Lipinski definition) is 3. The van der Waals surface area contributed by atoms with Gasteiger partial charge in [0.15, 0.2) is 0 Å². The van der Waals surface area contributed by atoms with E-state index in [0.717, 1.165) is 5.56 Å². The minimum atomic E-state index is -0.903. The van der Waals surface area contributed by atoms with E-state index in [4.69, 9.17) is 5.11 Å². The Morgan fingerprint density at radius 3 is 2.48 bits per heavy atom. The lowest BCUT2D eigenvalue weighted by Gasteiger charge is -2.10. The first kappa shape index (κ1) is 17.2. The fraction of sp³-hybridized carbons (Fsp3) is 0.429. The zero-order valence-corrected chi connectivity index (χ0v) is 12.7. The number of carboxylic acid groups (broad SMARTS) is 1. The molecule has 1 aromatic carbocycles. The van der Waals surface area contributed by atoms with Gasteiger partial charge in [0.1, 0.15) is 0 Å². The standard InChI is InChI=1S/C14H20N2O4S/c1-21(20)8-4-7-15-14(19)16-10-12-6-3-2-5-11(12)9-13(17)18/h2-3,5-6H,4,7-10H2,1H3,(H,17,18)(H2,15,16,19). The Labute approximate surface area is 126 Å². The second-order valence-electron chi connectivity index (χ2n) is 4.58. The summed E-state index contributed by atoms with van der Waals surface area (Å²) in [5, 5.41) is 14.2. The Hall–Kier alpha value is -1.89. The first-order valence-corrected chi connectivity index (χ1v) is 8.32. The van der Waals surface area contributed by atoms with Crippen LogP contribution >= 0.6 is 0 Å². The first-order valence-electron chi connectivity index (χ1n) is 6.59. The number of hydrogen-bond donors (Lipinski definition) is 3. The van der Waals surface area contributed by atoms with Crippen molar-refractivity contribution in [3.05, 3.63) is 35.4 Å². The van der Waals surface area contributed by atoms with Gasteiger partial charge in [-0.1, -0.05) is 24.3 Å². The van der Waals surface area contributed by atoms with Crippen LogP contribution in [0.1, 0.15) is 17.5 Å². The van der Waals surface area contributed by atoms with Crippen molar-refractivity contribution in [1.82, 2.24) is 10.6 Å². The molecule has 0 aromatic heterocycles. The molecule has 0 spiro atoms. The number of urea groups is 1. The third-order valence-electron chi connectivity index (χ3n) is 2.79. The smallest absolute Gasteiger partial charge is 0.315 e. The van der Waals surface area contributed by atoms with Gasteiger partial charge in [-0.15, -0.1) is 0 Å². The summed E-state index contributed by atoms with van der Waals surface area (Å²) < 4.78 is 10.9. The Balaban J connectivity index is 2.39. The average Bonchev–Trinajstić information content (AvgIpc) is 2.42. The van der Waals surface area contributed by atoms with Crippen LogP contribution in [-0.2, 0) is 28.6 Å². The number of benzene rings is 1. The van der Waals surface area contributed by atoms with Crippen molar-refractivity contribution in [2.75, 3.05) is 18.6 Å². The van der Waals surface area contributed by atoms with Crippen LogP contribution in [0.15, 0.2) is 24.3 Å². The average molecular weight is 312 g/mol. The van der Waals surface area contributed by atoms with E-state index in [-0.39, 0.29) is 19.0 Å². The minimum absolute atomic E-state index is 0.0677. The SMILES string of the molecule is CS(=O)CCCNC(=O)NCc1ccccc1CC(=O)O. The Kier molecular flexibility index (Phi) is 7.45. The summed E-state index contributed by atoms with van der Waals surface area (Å²) in [5.74, 6) is -0.346. The summed E-state index contributed by atoms with van der Waals surface area (Å²) in [6.07, 6.45) is 2.22. The molecule has 1 rings (SSSR count). The highest BCUT2D eigenvalue weighted by atomic mass is 32.2. The maximum atomic E-state index is 11.6. The lowest BCUT2D eigenvalue weighted by atomic mass is 10.0. The molecule has 3 N–H and O–H groups in total. The van der Waals surface area contributed by atoms with Gasteiger partial charge in [0.2, 0.25) is 0 Å². The van der Waals surface area contributed by atoms with Gasteiger partial charge in [0.25, 0.3) is 0 Å². The molecule has 0 bridgehead atoms. The number of rotatable bonds is 8. The zero-order valence-electron chi connectivity index (χ0n) is 11.9. The number of nitrogens with one attached hydrogen (secondary N) is 2. The quantitative estimate of drug-likeness (QED) is 0.621. The van der Waals surface area contributed by atoms with Crippen LogP contribution in [0.4, 0.5) is 4.79 Å². The van der Waals surface area contributed by atoms with Crippen molar-refractivity contribution in [3.8, 4) is 0 Å². The van der Waals surface area contributed by atoms with Gasteiger partial charge in [0.05, 0.1) is 6.42 Å². The first-order chi connectivity index (χ1) is 9.99. The normalized spacial score (nSPS) is 11.7. The predicted octanol–water partition coefficient (Wildman–Crippen LogP) is 0.881. The van der Waals surface area contributed by atoms with E-state index in [2.05, 4.69) is 10.6 Å². The molecule has 6 nitrogen and oxygen atoms in total. The fourth-order valence-corrected chi connectivity index (χ4v) is 2.33. The zero-order chi connectivity index (χ0) is 15.7. The molecular weight excluding hydrogens is 292 g/mol. The van der Waals surface area contributed by atoms with Crippen molar-refractivity contribution >= 4 is 22.8 Å².